The molecule has 2 aromatic rings. The van der Waals surface area contributed by atoms with E-state index in [1.54, 1.807) is 10.8 Å². The Morgan fingerprint density at radius 1 is 1.28 bits per heavy atom. The number of pyridine rings is 1. The van der Waals surface area contributed by atoms with Crippen LogP contribution in [0.2, 0.25) is 0 Å². The first kappa shape index (κ1) is 22.7. The summed E-state index contributed by atoms with van der Waals surface area (Å²) in [5.74, 6) is 0.282. The standard InChI is InChI=1S/C23H33N5O4/c1-4-10-31-11-9-28-20-12-18(21-14(2)27-32-15(21)3)24-13-19(20)26-22(23(28)30)25-16-5-7-17(29)8-6-16/h12-13,15-17,21,29H,4-11H2,1-3H3,(H,25,26). The number of fused-ring (bicyclic) bond motifs is 1. The fourth-order valence-corrected chi connectivity index (χ4v) is 4.54. The first-order chi connectivity index (χ1) is 15.5. The highest BCUT2D eigenvalue weighted by atomic mass is 16.6. The average Bonchev–Trinajstić information content (AvgIpc) is 3.12. The highest BCUT2D eigenvalue weighted by molar-refractivity contribution is 5.90. The zero-order valence-corrected chi connectivity index (χ0v) is 19.1. The molecule has 9 heteroatoms. The maximum absolute atomic E-state index is 13.4. The summed E-state index contributed by atoms with van der Waals surface area (Å²) >= 11 is 0. The molecule has 174 valence electrons. The molecule has 0 saturated heterocycles. The van der Waals surface area contributed by atoms with Crippen LogP contribution >= 0.6 is 0 Å². The van der Waals surface area contributed by atoms with E-state index in [2.05, 4.69) is 27.4 Å². The summed E-state index contributed by atoms with van der Waals surface area (Å²) in [5.41, 5.74) is 2.91. The van der Waals surface area contributed by atoms with Gasteiger partial charge >= 0.3 is 0 Å². The summed E-state index contributed by atoms with van der Waals surface area (Å²) in [4.78, 5) is 28.1. The Hall–Kier alpha value is -2.52. The third kappa shape index (κ3) is 4.78. The maximum Gasteiger partial charge on any atom is 0.293 e. The number of nitrogens with one attached hydrogen (secondary N) is 1. The second-order valence-corrected chi connectivity index (χ2v) is 8.80. The lowest BCUT2D eigenvalue weighted by Crippen LogP contribution is -2.34. The van der Waals surface area contributed by atoms with E-state index in [-0.39, 0.29) is 29.7 Å². The van der Waals surface area contributed by atoms with Gasteiger partial charge in [0.1, 0.15) is 11.6 Å². The first-order valence-corrected chi connectivity index (χ1v) is 11.6. The van der Waals surface area contributed by atoms with E-state index in [0.29, 0.717) is 31.1 Å². The van der Waals surface area contributed by atoms with Crippen LogP contribution in [0.1, 0.15) is 64.5 Å². The molecule has 0 amide bonds. The molecule has 3 heterocycles. The van der Waals surface area contributed by atoms with Crippen LogP contribution in [-0.2, 0) is 16.1 Å². The van der Waals surface area contributed by atoms with Gasteiger partial charge in [0, 0.05) is 19.2 Å². The Labute approximate surface area is 187 Å². The highest BCUT2D eigenvalue weighted by Crippen LogP contribution is 2.29. The number of rotatable bonds is 8. The summed E-state index contributed by atoms with van der Waals surface area (Å²) in [6.07, 6.45) is 5.39. The average molecular weight is 444 g/mol. The number of anilines is 1. The van der Waals surface area contributed by atoms with Crippen molar-refractivity contribution in [1.82, 2.24) is 14.5 Å². The van der Waals surface area contributed by atoms with Crippen molar-refractivity contribution in [2.45, 2.75) is 83.6 Å². The second-order valence-electron chi connectivity index (χ2n) is 8.80. The summed E-state index contributed by atoms with van der Waals surface area (Å²) in [5, 5.41) is 17.2. The van der Waals surface area contributed by atoms with Crippen LogP contribution < -0.4 is 10.9 Å². The molecule has 0 bridgehead atoms. The number of nitrogens with zero attached hydrogens (tertiary/aromatic N) is 4. The SMILES string of the molecule is CCCOCCn1c(=O)c(NC2CCC(O)CC2)nc2cnc(C3C(C)=NOC3C)cc21. The van der Waals surface area contributed by atoms with E-state index >= 15 is 0 Å². The van der Waals surface area contributed by atoms with Gasteiger partial charge in [-0.15, -0.1) is 0 Å². The van der Waals surface area contributed by atoms with Crippen molar-refractivity contribution in [3.8, 4) is 0 Å². The van der Waals surface area contributed by atoms with Gasteiger partial charge in [0.15, 0.2) is 5.82 Å². The van der Waals surface area contributed by atoms with Gasteiger partial charge in [-0.25, -0.2) is 4.98 Å². The van der Waals surface area contributed by atoms with Gasteiger partial charge in [-0.05, 0) is 52.0 Å². The third-order valence-corrected chi connectivity index (χ3v) is 6.30. The summed E-state index contributed by atoms with van der Waals surface area (Å²) in [6, 6.07) is 2.06. The molecule has 1 saturated carbocycles. The molecule has 0 radical (unpaired) electrons. The normalized spacial score (nSPS) is 25.6. The second kappa shape index (κ2) is 9.95. The van der Waals surface area contributed by atoms with E-state index in [9.17, 15) is 9.90 Å². The number of aliphatic hydroxyl groups excluding tert-OH is 1. The predicted molar refractivity (Wildman–Crippen MR) is 123 cm³/mol. The van der Waals surface area contributed by atoms with Crippen LogP contribution in [0, 0.1) is 0 Å². The molecule has 2 aliphatic rings. The third-order valence-electron chi connectivity index (χ3n) is 6.30. The molecule has 4 rings (SSSR count). The van der Waals surface area contributed by atoms with Crippen molar-refractivity contribution in [3.63, 3.8) is 0 Å². The van der Waals surface area contributed by atoms with Crippen molar-refractivity contribution in [3.05, 3.63) is 28.3 Å². The molecular formula is C23H33N5O4. The van der Waals surface area contributed by atoms with Crippen LogP contribution in [0.15, 0.2) is 22.2 Å². The van der Waals surface area contributed by atoms with E-state index in [4.69, 9.17) is 9.57 Å². The van der Waals surface area contributed by atoms with Gasteiger partial charge in [0.05, 0.1) is 41.7 Å². The minimum Gasteiger partial charge on any atom is -0.393 e. The van der Waals surface area contributed by atoms with Crippen molar-refractivity contribution in [1.29, 1.82) is 0 Å². The Bertz CT molecular complexity index is 1030. The van der Waals surface area contributed by atoms with Crippen LogP contribution in [0.4, 0.5) is 5.82 Å². The van der Waals surface area contributed by atoms with E-state index in [1.165, 1.54) is 0 Å². The number of aliphatic hydroxyl groups is 1. The lowest BCUT2D eigenvalue weighted by atomic mass is 9.93. The minimum absolute atomic E-state index is 0.0502. The number of ether oxygens (including phenoxy) is 1. The summed E-state index contributed by atoms with van der Waals surface area (Å²) in [6.45, 7) is 7.50. The zero-order valence-electron chi connectivity index (χ0n) is 19.1. The van der Waals surface area contributed by atoms with Crippen molar-refractivity contribution in [2.75, 3.05) is 18.5 Å². The van der Waals surface area contributed by atoms with Gasteiger partial charge in [-0.2, -0.15) is 0 Å². The summed E-state index contributed by atoms with van der Waals surface area (Å²) < 4.78 is 7.41. The number of oxime groups is 1. The van der Waals surface area contributed by atoms with E-state index in [0.717, 1.165) is 49.0 Å². The number of hydrogen-bond donors (Lipinski definition) is 2. The lowest BCUT2D eigenvalue weighted by Gasteiger charge is -2.26. The van der Waals surface area contributed by atoms with Crippen molar-refractivity contribution >= 4 is 22.6 Å². The van der Waals surface area contributed by atoms with Crippen LogP contribution in [-0.4, -0.2) is 56.8 Å². The Morgan fingerprint density at radius 2 is 2.06 bits per heavy atom. The molecule has 2 unspecified atom stereocenters. The molecule has 0 aromatic carbocycles. The molecule has 9 nitrogen and oxygen atoms in total. The van der Waals surface area contributed by atoms with Gasteiger partial charge in [-0.3, -0.25) is 9.78 Å². The monoisotopic (exact) mass is 443 g/mol. The fourth-order valence-electron chi connectivity index (χ4n) is 4.54. The molecule has 1 fully saturated rings. The fraction of sp³-hybridized carbons (Fsp3) is 0.652. The topological polar surface area (TPSA) is 111 Å². The molecule has 32 heavy (non-hydrogen) atoms. The quantitative estimate of drug-likeness (QED) is 0.604. The smallest absolute Gasteiger partial charge is 0.293 e. The van der Waals surface area contributed by atoms with Gasteiger partial charge in [0.25, 0.3) is 5.56 Å². The minimum atomic E-state index is -0.249. The zero-order chi connectivity index (χ0) is 22.7. The van der Waals surface area contributed by atoms with Gasteiger partial charge < -0.3 is 24.6 Å². The van der Waals surface area contributed by atoms with Crippen LogP contribution in [0.3, 0.4) is 0 Å². The first-order valence-electron chi connectivity index (χ1n) is 11.6. The number of aromatic nitrogens is 3. The van der Waals surface area contributed by atoms with Crippen LogP contribution in [0.5, 0.6) is 0 Å². The summed E-state index contributed by atoms with van der Waals surface area (Å²) in [7, 11) is 0. The Balaban J connectivity index is 1.69. The Morgan fingerprint density at radius 3 is 2.75 bits per heavy atom. The Kier molecular flexibility index (Phi) is 7.05. The molecule has 1 aliphatic carbocycles. The maximum atomic E-state index is 13.4. The predicted octanol–water partition coefficient (Wildman–Crippen LogP) is 2.81. The molecule has 2 N–H and O–H groups in total. The molecule has 2 atom stereocenters. The molecule has 0 spiro atoms. The van der Waals surface area contributed by atoms with Crippen LogP contribution in [0.25, 0.3) is 11.0 Å². The van der Waals surface area contributed by atoms with E-state index in [1.807, 2.05) is 19.9 Å². The number of hydrogen-bond acceptors (Lipinski definition) is 8. The molecule has 2 aromatic heterocycles. The van der Waals surface area contributed by atoms with Crippen molar-refractivity contribution < 1.29 is 14.7 Å². The highest BCUT2D eigenvalue weighted by Gasteiger charge is 2.31. The molecule has 1 aliphatic heterocycles. The van der Waals surface area contributed by atoms with E-state index < -0.39 is 0 Å². The van der Waals surface area contributed by atoms with Crippen molar-refractivity contribution in [2.24, 2.45) is 5.16 Å². The molecular weight excluding hydrogens is 410 g/mol. The van der Waals surface area contributed by atoms with Gasteiger partial charge in [-0.1, -0.05) is 12.1 Å². The largest absolute Gasteiger partial charge is 0.393 e. The van der Waals surface area contributed by atoms with Gasteiger partial charge in [0.2, 0.25) is 0 Å². The lowest BCUT2D eigenvalue weighted by molar-refractivity contribution is 0.0898.